The van der Waals surface area contributed by atoms with Crippen LogP contribution in [-0.4, -0.2) is 34.6 Å². The summed E-state index contributed by atoms with van der Waals surface area (Å²) in [5.74, 6) is -1.06. The van der Waals surface area contributed by atoms with Crippen LogP contribution in [0.15, 0.2) is 22.7 Å². The Balaban J connectivity index is 2.81. The zero-order chi connectivity index (χ0) is 14.6. The van der Waals surface area contributed by atoms with E-state index < -0.39 is 12.0 Å². The summed E-state index contributed by atoms with van der Waals surface area (Å²) in [5, 5.41) is 11.9. The average molecular weight is 350 g/mol. The summed E-state index contributed by atoms with van der Waals surface area (Å²) in [4.78, 5) is 23.9. The minimum absolute atomic E-state index is 0.220. The lowest BCUT2D eigenvalue weighted by Crippen LogP contribution is -2.43. The highest BCUT2D eigenvalue weighted by Crippen LogP contribution is 2.25. The van der Waals surface area contributed by atoms with Crippen LogP contribution in [0.5, 0.6) is 0 Å². The summed E-state index contributed by atoms with van der Waals surface area (Å²) in [6.45, 7) is 3.14. The highest BCUT2D eigenvalue weighted by atomic mass is 79.9. The first kappa shape index (κ1) is 15.8. The van der Waals surface area contributed by atoms with Gasteiger partial charge in [0.1, 0.15) is 6.54 Å². The second kappa shape index (κ2) is 6.77. The molecule has 5 nitrogen and oxygen atoms in total. The number of hydrogen-bond acceptors (Lipinski definition) is 2. The maximum Gasteiger partial charge on any atom is 0.323 e. The molecule has 0 saturated heterocycles. The molecule has 0 aliphatic carbocycles. The van der Waals surface area contributed by atoms with Gasteiger partial charge in [-0.05, 0) is 48.0 Å². The second-order valence-electron chi connectivity index (χ2n) is 4.17. The normalized spacial score (nSPS) is 10.4. The molecule has 0 fully saturated rings. The summed E-state index contributed by atoms with van der Waals surface area (Å²) < 4.78 is 0.721. The van der Waals surface area contributed by atoms with Gasteiger partial charge >= 0.3 is 12.0 Å². The van der Waals surface area contributed by atoms with Gasteiger partial charge < -0.3 is 15.3 Å². The molecule has 0 atom stereocenters. The SMILES string of the molecule is CC(C)N(CC(=O)O)C(=O)Nc1ccc(Br)c(Cl)c1. The number of benzene rings is 1. The number of carbonyl (C=O) groups is 2. The third-order valence-electron chi connectivity index (χ3n) is 2.36. The molecule has 0 radical (unpaired) electrons. The minimum atomic E-state index is -1.06. The molecule has 2 N–H and O–H groups in total. The van der Waals surface area contributed by atoms with Crippen molar-refractivity contribution in [3.05, 3.63) is 27.7 Å². The standard InChI is InChI=1S/C12H14BrClN2O3/c1-7(2)16(6-11(17)18)12(19)15-8-3-4-9(13)10(14)5-8/h3-5,7H,6H2,1-2H3,(H,15,19)(H,17,18). The van der Waals surface area contributed by atoms with Gasteiger partial charge in [-0.2, -0.15) is 0 Å². The third kappa shape index (κ3) is 4.72. The number of urea groups is 1. The first-order valence-electron chi connectivity index (χ1n) is 5.55. The quantitative estimate of drug-likeness (QED) is 0.875. The Hall–Kier alpha value is -1.27. The molecule has 19 heavy (non-hydrogen) atoms. The van der Waals surface area contributed by atoms with Crippen LogP contribution in [0.2, 0.25) is 5.02 Å². The van der Waals surface area contributed by atoms with Crippen LogP contribution in [-0.2, 0) is 4.79 Å². The van der Waals surface area contributed by atoms with E-state index in [2.05, 4.69) is 21.2 Å². The lowest BCUT2D eigenvalue weighted by Gasteiger charge is -2.25. The Bertz CT molecular complexity index is 494. The van der Waals surface area contributed by atoms with Crippen molar-refractivity contribution in [1.29, 1.82) is 0 Å². The molecular weight excluding hydrogens is 336 g/mol. The van der Waals surface area contributed by atoms with Crippen LogP contribution in [0.1, 0.15) is 13.8 Å². The summed E-state index contributed by atoms with van der Waals surface area (Å²) in [6.07, 6.45) is 0. The summed E-state index contributed by atoms with van der Waals surface area (Å²) in [5.41, 5.74) is 0.509. The number of amides is 2. The highest BCUT2D eigenvalue weighted by Gasteiger charge is 2.19. The van der Waals surface area contributed by atoms with E-state index in [9.17, 15) is 9.59 Å². The molecule has 0 unspecified atom stereocenters. The van der Waals surface area contributed by atoms with Crippen molar-refractivity contribution in [1.82, 2.24) is 4.90 Å². The maximum absolute atomic E-state index is 12.0. The van der Waals surface area contributed by atoms with Crippen LogP contribution < -0.4 is 5.32 Å². The lowest BCUT2D eigenvalue weighted by atomic mass is 10.3. The van der Waals surface area contributed by atoms with Gasteiger partial charge in [0.25, 0.3) is 0 Å². The zero-order valence-electron chi connectivity index (χ0n) is 10.5. The molecule has 0 spiro atoms. The Labute approximate surface area is 124 Å². The maximum atomic E-state index is 12.0. The van der Waals surface area contributed by atoms with Crippen LogP contribution in [0.25, 0.3) is 0 Å². The molecule has 0 aliphatic rings. The number of carboxylic acid groups (broad SMARTS) is 1. The average Bonchev–Trinajstić information content (AvgIpc) is 2.30. The molecule has 7 heteroatoms. The molecule has 2 amide bonds. The van der Waals surface area contributed by atoms with Crippen molar-refractivity contribution in [3.63, 3.8) is 0 Å². The number of hydrogen-bond donors (Lipinski definition) is 2. The van der Waals surface area contributed by atoms with Gasteiger partial charge in [-0.15, -0.1) is 0 Å². The van der Waals surface area contributed by atoms with E-state index in [0.29, 0.717) is 10.7 Å². The first-order chi connectivity index (χ1) is 8.81. The van der Waals surface area contributed by atoms with Gasteiger partial charge in [0.2, 0.25) is 0 Å². The number of rotatable bonds is 4. The van der Waals surface area contributed by atoms with E-state index >= 15 is 0 Å². The van der Waals surface area contributed by atoms with E-state index in [-0.39, 0.29) is 12.6 Å². The molecule has 0 aliphatic heterocycles. The fourth-order valence-corrected chi connectivity index (χ4v) is 1.83. The number of halogens is 2. The van der Waals surface area contributed by atoms with Crippen molar-refractivity contribution in [2.24, 2.45) is 0 Å². The van der Waals surface area contributed by atoms with Crippen molar-refractivity contribution in [2.75, 3.05) is 11.9 Å². The highest BCUT2D eigenvalue weighted by molar-refractivity contribution is 9.10. The van der Waals surface area contributed by atoms with Crippen molar-refractivity contribution in [2.45, 2.75) is 19.9 Å². The predicted molar refractivity (Wildman–Crippen MR) is 77.6 cm³/mol. The summed E-state index contributed by atoms with van der Waals surface area (Å²) >= 11 is 9.17. The van der Waals surface area contributed by atoms with E-state index in [1.807, 2.05) is 0 Å². The molecular formula is C12H14BrClN2O3. The molecule has 1 rings (SSSR count). The molecule has 0 aromatic heterocycles. The first-order valence-corrected chi connectivity index (χ1v) is 6.73. The van der Waals surface area contributed by atoms with Gasteiger partial charge in [-0.3, -0.25) is 4.79 Å². The zero-order valence-corrected chi connectivity index (χ0v) is 12.8. The molecule has 1 aromatic carbocycles. The summed E-state index contributed by atoms with van der Waals surface area (Å²) in [6, 6.07) is 4.27. The van der Waals surface area contributed by atoms with Gasteiger partial charge in [-0.25, -0.2) is 4.79 Å². The smallest absolute Gasteiger partial charge is 0.323 e. The number of nitrogens with zero attached hydrogens (tertiary/aromatic N) is 1. The Morgan fingerprint density at radius 3 is 2.58 bits per heavy atom. The number of carboxylic acids is 1. The molecule has 0 bridgehead atoms. The number of nitrogens with one attached hydrogen (secondary N) is 1. The van der Waals surface area contributed by atoms with Gasteiger partial charge in [-0.1, -0.05) is 11.6 Å². The third-order valence-corrected chi connectivity index (χ3v) is 3.59. The Morgan fingerprint density at radius 1 is 1.47 bits per heavy atom. The molecule has 104 valence electrons. The van der Waals surface area contributed by atoms with Gasteiger partial charge in [0.05, 0.1) is 5.02 Å². The Morgan fingerprint density at radius 2 is 2.11 bits per heavy atom. The lowest BCUT2D eigenvalue weighted by molar-refractivity contribution is -0.137. The fourth-order valence-electron chi connectivity index (χ4n) is 1.40. The molecule has 0 saturated carbocycles. The van der Waals surface area contributed by atoms with Crippen molar-refractivity contribution in [3.8, 4) is 0 Å². The monoisotopic (exact) mass is 348 g/mol. The van der Waals surface area contributed by atoms with E-state index in [1.165, 1.54) is 4.90 Å². The minimum Gasteiger partial charge on any atom is -0.480 e. The number of aliphatic carboxylic acids is 1. The van der Waals surface area contributed by atoms with E-state index in [0.717, 1.165) is 4.47 Å². The van der Waals surface area contributed by atoms with Crippen LogP contribution in [0.3, 0.4) is 0 Å². The van der Waals surface area contributed by atoms with Gasteiger partial charge in [0, 0.05) is 16.2 Å². The topological polar surface area (TPSA) is 69.6 Å². The summed E-state index contributed by atoms with van der Waals surface area (Å²) in [7, 11) is 0. The van der Waals surface area contributed by atoms with E-state index in [4.69, 9.17) is 16.7 Å². The van der Waals surface area contributed by atoms with Crippen molar-refractivity contribution < 1.29 is 14.7 Å². The van der Waals surface area contributed by atoms with E-state index in [1.54, 1.807) is 32.0 Å². The van der Waals surface area contributed by atoms with Gasteiger partial charge in [0.15, 0.2) is 0 Å². The predicted octanol–water partition coefficient (Wildman–Crippen LogP) is 3.43. The van der Waals surface area contributed by atoms with Crippen LogP contribution in [0.4, 0.5) is 10.5 Å². The number of anilines is 1. The fraction of sp³-hybridized carbons (Fsp3) is 0.333. The van der Waals surface area contributed by atoms with Crippen LogP contribution in [0, 0.1) is 0 Å². The largest absolute Gasteiger partial charge is 0.480 e. The molecule has 1 aromatic rings. The number of carbonyl (C=O) groups excluding carboxylic acids is 1. The second-order valence-corrected chi connectivity index (χ2v) is 5.44. The Kier molecular flexibility index (Phi) is 5.62. The van der Waals surface area contributed by atoms with Crippen molar-refractivity contribution >= 4 is 45.2 Å². The van der Waals surface area contributed by atoms with Crippen LogP contribution >= 0.6 is 27.5 Å². The molecule has 0 heterocycles.